The minimum atomic E-state index is 0.00732. The molecular formula is C16H26N4O2. The Balaban J connectivity index is 2.45. The molecule has 0 bridgehead atoms. The Labute approximate surface area is 132 Å². The van der Waals surface area contributed by atoms with Crippen molar-refractivity contribution in [1.29, 1.82) is 0 Å². The van der Waals surface area contributed by atoms with Crippen LogP contribution >= 0.6 is 0 Å². The van der Waals surface area contributed by atoms with Gasteiger partial charge in [-0.3, -0.25) is 9.79 Å². The summed E-state index contributed by atoms with van der Waals surface area (Å²) in [6.07, 6.45) is 0. The number of carbonyl (C=O) groups excluding carboxylic acids is 1. The summed E-state index contributed by atoms with van der Waals surface area (Å²) in [4.78, 5) is 17.5. The number of aliphatic imine (C=N–C) groups is 1. The van der Waals surface area contributed by atoms with Gasteiger partial charge < -0.3 is 20.3 Å². The number of hydrogen-bond acceptors (Lipinski definition) is 3. The van der Waals surface area contributed by atoms with Crippen LogP contribution in [0.4, 0.5) is 0 Å². The minimum absolute atomic E-state index is 0.00732. The molecule has 1 amide bonds. The van der Waals surface area contributed by atoms with Crippen LogP contribution in [0.25, 0.3) is 0 Å². The maximum atomic E-state index is 11.8. The Hall–Kier alpha value is -2.08. The van der Waals surface area contributed by atoms with Gasteiger partial charge in [0.2, 0.25) is 0 Å². The van der Waals surface area contributed by atoms with Gasteiger partial charge in [-0.1, -0.05) is 12.1 Å². The molecule has 0 aliphatic heterocycles. The Kier molecular flexibility index (Phi) is 7.99. The van der Waals surface area contributed by atoms with Crippen molar-refractivity contribution in [3.8, 4) is 0 Å². The second kappa shape index (κ2) is 9.78. The van der Waals surface area contributed by atoms with E-state index in [1.807, 2.05) is 31.2 Å². The second-order valence-electron chi connectivity index (χ2n) is 4.95. The third kappa shape index (κ3) is 6.13. The fraction of sp³-hybridized carbons (Fsp3) is 0.500. The predicted molar refractivity (Wildman–Crippen MR) is 89.2 cm³/mol. The molecule has 1 rings (SSSR count). The van der Waals surface area contributed by atoms with Crippen molar-refractivity contribution in [2.45, 2.75) is 13.5 Å². The Morgan fingerprint density at radius 3 is 2.45 bits per heavy atom. The summed E-state index contributed by atoms with van der Waals surface area (Å²) in [6.45, 7) is 4.69. The fourth-order valence-corrected chi connectivity index (χ4v) is 1.82. The molecule has 6 nitrogen and oxygen atoms in total. The highest BCUT2D eigenvalue weighted by atomic mass is 16.5. The van der Waals surface area contributed by atoms with Gasteiger partial charge in [-0.15, -0.1) is 0 Å². The SMILES string of the molecule is CCOCCNC(=NC)NCc1ccc(C(=O)N(C)C)cc1. The lowest BCUT2D eigenvalue weighted by molar-refractivity contribution is 0.0827. The summed E-state index contributed by atoms with van der Waals surface area (Å²) < 4.78 is 5.26. The average molecular weight is 306 g/mol. The summed E-state index contributed by atoms with van der Waals surface area (Å²) >= 11 is 0. The van der Waals surface area contributed by atoms with Gasteiger partial charge in [0.15, 0.2) is 5.96 Å². The van der Waals surface area contributed by atoms with Gasteiger partial charge in [-0.25, -0.2) is 0 Å². The largest absolute Gasteiger partial charge is 0.380 e. The standard InChI is InChI=1S/C16H26N4O2/c1-5-22-11-10-18-16(17-2)19-12-13-6-8-14(9-7-13)15(21)20(3)4/h6-9H,5,10-12H2,1-4H3,(H2,17,18,19). The lowest BCUT2D eigenvalue weighted by Crippen LogP contribution is -2.38. The number of hydrogen-bond donors (Lipinski definition) is 2. The molecule has 0 unspecified atom stereocenters. The Morgan fingerprint density at radius 1 is 1.23 bits per heavy atom. The highest BCUT2D eigenvalue weighted by Gasteiger charge is 2.07. The van der Waals surface area contributed by atoms with E-state index in [4.69, 9.17) is 4.74 Å². The van der Waals surface area contributed by atoms with Crippen molar-refractivity contribution in [1.82, 2.24) is 15.5 Å². The zero-order valence-corrected chi connectivity index (χ0v) is 13.8. The number of rotatable bonds is 7. The number of ether oxygens (including phenoxy) is 1. The van der Waals surface area contributed by atoms with Crippen LogP contribution in [0.1, 0.15) is 22.8 Å². The van der Waals surface area contributed by atoms with E-state index < -0.39 is 0 Å². The quantitative estimate of drug-likeness (QED) is 0.450. The molecule has 0 saturated carbocycles. The molecule has 0 aliphatic carbocycles. The van der Waals surface area contributed by atoms with E-state index in [-0.39, 0.29) is 5.91 Å². The van der Waals surface area contributed by atoms with Crippen LogP contribution < -0.4 is 10.6 Å². The molecule has 2 N–H and O–H groups in total. The smallest absolute Gasteiger partial charge is 0.253 e. The average Bonchev–Trinajstić information content (AvgIpc) is 2.54. The third-order valence-corrected chi connectivity index (χ3v) is 3.03. The van der Waals surface area contributed by atoms with Crippen LogP contribution in [0.5, 0.6) is 0 Å². The number of nitrogens with one attached hydrogen (secondary N) is 2. The molecule has 0 heterocycles. The third-order valence-electron chi connectivity index (χ3n) is 3.03. The number of guanidine groups is 1. The van der Waals surface area contributed by atoms with E-state index >= 15 is 0 Å². The molecule has 22 heavy (non-hydrogen) atoms. The highest BCUT2D eigenvalue weighted by Crippen LogP contribution is 2.06. The first-order valence-electron chi connectivity index (χ1n) is 7.41. The van der Waals surface area contributed by atoms with Crippen molar-refractivity contribution < 1.29 is 9.53 Å². The molecule has 0 saturated heterocycles. The summed E-state index contributed by atoms with van der Waals surface area (Å²) in [5.74, 6) is 0.737. The molecule has 0 spiro atoms. The zero-order valence-electron chi connectivity index (χ0n) is 13.8. The molecule has 0 aliphatic rings. The number of benzene rings is 1. The van der Waals surface area contributed by atoms with Crippen LogP contribution in [-0.2, 0) is 11.3 Å². The molecule has 0 fully saturated rings. The zero-order chi connectivity index (χ0) is 16.4. The Morgan fingerprint density at radius 2 is 1.91 bits per heavy atom. The van der Waals surface area contributed by atoms with Crippen LogP contribution in [0, 0.1) is 0 Å². The first-order valence-corrected chi connectivity index (χ1v) is 7.41. The topological polar surface area (TPSA) is 66.0 Å². The Bertz CT molecular complexity index is 483. The lowest BCUT2D eigenvalue weighted by atomic mass is 10.1. The van der Waals surface area contributed by atoms with Gasteiger partial charge >= 0.3 is 0 Å². The van der Waals surface area contributed by atoms with Crippen molar-refractivity contribution in [3.63, 3.8) is 0 Å². The van der Waals surface area contributed by atoms with E-state index in [1.54, 1.807) is 26.0 Å². The van der Waals surface area contributed by atoms with Gasteiger partial charge in [0, 0.05) is 46.4 Å². The van der Waals surface area contributed by atoms with E-state index in [9.17, 15) is 4.79 Å². The van der Waals surface area contributed by atoms with Gasteiger partial charge in [0.1, 0.15) is 0 Å². The lowest BCUT2D eigenvalue weighted by Gasteiger charge is -2.13. The van der Waals surface area contributed by atoms with Crippen molar-refractivity contribution in [2.75, 3.05) is 40.9 Å². The normalized spacial score (nSPS) is 11.2. The minimum Gasteiger partial charge on any atom is -0.380 e. The number of carbonyl (C=O) groups is 1. The van der Waals surface area contributed by atoms with Crippen LogP contribution in [-0.4, -0.2) is 57.7 Å². The molecule has 1 aromatic rings. The van der Waals surface area contributed by atoms with E-state index in [1.165, 1.54) is 0 Å². The van der Waals surface area contributed by atoms with Crippen LogP contribution in [0.2, 0.25) is 0 Å². The summed E-state index contributed by atoms with van der Waals surface area (Å²) in [5.41, 5.74) is 1.77. The number of nitrogens with zero attached hydrogens (tertiary/aromatic N) is 2. The summed E-state index contributed by atoms with van der Waals surface area (Å²) in [6, 6.07) is 7.56. The van der Waals surface area contributed by atoms with Crippen molar-refractivity contribution in [2.24, 2.45) is 4.99 Å². The molecule has 6 heteroatoms. The molecule has 122 valence electrons. The predicted octanol–water partition coefficient (Wildman–Crippen LogP) is 1.09. The first-order chi connectivity index (χ1) is 10.6. The van der Waals surface area contributed by atoms with Crippen LogP contribution in [0.15, 0.2) is 29.3 Å². The van der Waals surface area contributed by atoms with E-state index in [0.717, 1.165) is 11.5 Å². The van der Waals surface area contributed by atoms with Crippen molar-refractivity contribution >= 4 is 11.9 Å². The highest BCUT2D eigenvalue weighted by molar-refractivity contribution is 5.93. The molecular weight excluding hydrogens is 280 g/mol. The summed E-state index contributed by atoms with van der Waals surface area (Å²) in [5, 5.41) is 6.39. The van der Waals surface area contributed by atoms with E-state index in [0.29, 0.717) is 31.9 Å². The van der Waals surface area contributed by atoms with E-state index in [2.05, 4.69) is 15.6 Å². The monoisotopic (exact) mass is 306 g/mol. The van der Waals surface area contributed by atoms with Gasteiger partial charge in [-0.2, -0.15) is 0 Å². The first kappa shape index (κ1) is 18.0. The molecule has 0 atom stereocenters. The number of amides is 1. The van der Waals surface area contributed by atoms with Gasteiger partial charge in [-0.05, 0) is 24.6 Å². The molecule has 0 aromatic heterocycles. The summed E-state index contributed by atoms with van der Waals surface area (Å²) in [7, 11) is 5.22. The molecule has 1 aromatic carbocycles. The maximum absolute atomic E-state index is 11.8. The van der Waals surface area contributed by atoms with Crippen molar-refractivity contribution in [3.05, 3.63) is 35.4 Å². The van der Waals surface area contributed by atoms with Crippen LogP contribution in [0.3, 0.4) is 0 Å². The maximum Gasteiger partial charge on any atom is 0.253 e. The second-order valence-corrected chi connectivity index (χ2v) is 4.95. The van der Waals surface area contributed by atoms with Gasteiger partial charge in [0.05, 0.1) is 6.61 Å². The van der Waals surface area contributed by atoms with Gasteiger partial charge in [0.25, 0.3) is 5.91 Å². The molecule has 0 radical (unpaired) electrons. The fourth-order valence-electron chi connectivity index (χ4n) is 1.82.